The lowest BCUT2D eigenvalue weighted by molar-refractivity contribution is 0.112. The number of aldehydes is 1. The third kappa shape index (κ3) is 2.93. The number of halogens is 2. The first-order valence-electron chi connectivity index (χ1n) is 5.81. The highest BCUT2D eigenvalue weighted by atomic mass is 35.5. The van der Waals surface area contributed by atoms with Crippen molar-refractivity contribution in [1.29, 1.82) is 0 Å². The molecule has 98 valence electrons. The van der Waals surface area contributed by atoms with E-state index < -0.39 is 0 Å². The number of benzene rings is 2. The van der Waals surface area contributed by atoms with Crippen LogP contribution in [0.25, 0.3) is 0 Å². The first-order valence-corrected chi connectivity index (χ1v) is 6.19. The van der Waals surface area contributed by atoms with E-state index in [9.17, 15) is 9.18 Å². The maximum atomic E-state index is 13.6. The highest BCUT2D eigenvalue weighted by molar-refractivity contribution is 6.33. The fourth-order valence-corrected chi connectivity index (χ4v) is 2.16. The number of nitrogens with zero attached hydrogens (tertiary/aromatic N) is 1. The van der Waals surface area contributed by atoms with E-state index in [1.807, 2.05) is 0 Å². The molecule has 19 heavy (non-hydrogen) atoms. The van der Waals surface area contributed by atoms with Gasteiger partial charge in [0.2, 0.25) is 0 Å². The normalized spacial score (nSPS) is 10.3. The maximum Gasteiger partial charge on any atom is 0.153 e. The quantitative estimate of drug-likeness (QED) is 0.789. The summed E-state index contributed by atoms with van der Waals surface area (Å²) in [6, 6.07) is 11.8. The van der Waals surface area contributed by atoms with Gasteiger partial charge >= 0.3 is 0 Å². The summed E-state index contributed by atoms with van der Waals surface area (Å²) >= 11 is 5.98. The van der Waals surface area contributed by atoms with Gasteiger partial charge in [0.15, 0.2) is 6.29 Å². The average molecular weight is 278 g/mol. The van der Waals surface area contributed by atoms with Crippen LogP contribution in [-0.4, -0.2) is 13.3 Å². The van der Waals surface area contributed by atoms with Gasteiger partial charge in [0.25, 0.3) is 0 Å². The van der Waals surface area contributed by atoms with Gasteiger partial charge in [0.1, 0.15) is 5.82 Å². The highest BCUT2D eigenvalue weighted by Crippen LogP contribution is 2.26. The van der Waals surface area contributed by atoms with E-state index in [4.69, 9.17) is 11.6 Å². The predicted molar refractivity (Wildman–Crippen MR) is 75.3 cm³/mol. The largest absolute Gasteiger partial charge is 0.370 e. The van der Waals surface area contributed by atoms with E-state index in [2.05, 4.69) is 0 Å². The lowest BCUT2D eigenvalue weighted by Gasteiger charge is -2.21. The Labute approximate surface area is 116 Å². The van der Waals surface area contributed by atoms with Crippen molar-refractivity contribution in [3.63, 3.8) is 0 Å². The van der Waals surface area contributed by atoms with Gasteiger partial charge in [-0.05, 0) is 18.2 Å². The van der Waals surface area contributed by atoms with Crippen molar-refractivity contribution in [3.8, 4) is 0 Å². The van der Waals surface area contributed by atoms with Crippen molar-refractivity contribution in [1.82, 2.24) is 0 Å². The lowest BCUT2D eigenvalue weighted by Crippen LogP contribution is -2.18. The zero-order chi connectivity index (χ0) is 13.8. The number of rotatable bonds is 4. The Bertz CT molecular complexity index is 600. The first-order chi connectivity index (χ1) is 9.13. The van der Waals surface area contributed by atoms with Crippen molar-refractivity contribution >= 4 is 23.6 Å². The zero-order valence-corrected chi connectivity index (χ0v) is 11.2. The second-order valence-electron chi connectivity index (χ2n) is 4.24. The molecule has 0 aliphatic carbocycles. The predicted octanol–water partition coefficient (Wildman–Crippen LogP) is 3.93. The summed E-state index contributed by atoms with van der Waals surface area (Å²) in [4.78, 5) is 12.9. The Morgan fingerprint density at radius 1 is 1.21 bits per heavy atom. The molecule has 0 fully saturated rings. The Morgan fingerprint density at radius 2 is 1.95 bits per heavy atom. The molecule has 0 saturated heterocycles. The SMILES string of the molecule is CN(Cc1ccccc1F)c1cccc(Cl)c1C=O. The van der Waals surface area contributed by atoms with Gasteiger partial charge < -0.3 is 4.90 Å². The maximum absolute atomic E-state index is 13.6. The average Bonchev–Trinajstić information content (AvgIpc) is 2.41. The molecule has 2 aromatic rings. The van der Waals surface area contributed by atoms with Crippen molar-refractivity contribution in [2.75, 3.05) is 11.9 Å². The van der Waals surface area contributed by atoms with Crippen molar-refractivity contribution in [2.45, 2.75) is 6.54 Å². The van der Waals surface area contributed by atoms with Crippen molar-refractivity contribution in [2.24, 2.45) is 0 Å². The molecule has 0 N–H and O–H groups in total. The molecule has 0 spiro atoms. The minimum Gasteiger partial charge on any atom is -0.370 e. The summed E-state index contributed by atoms with van der Waals surface area (Å²) in [5.41, 5.74) is 1.68. The van der Waals surface area contributed by atoms with Crippen LogP contribution in [0.4, 0.5) is 10.1 Å². The van der Waals surface area contributed by atoms with E-state index in [0.717, 1.165) is 6.29 Å². The molecule has 0 amide bonds. The summed E-state index contributed by atoms with van der Waals surface area (Å²) < 4.78 is 13.6. The van der Waals surface area contributed by atoms with E-state index in [1.54, 1.807) is 48.3 Å². The number of anilines is 1. The van der Waals surface area contributed by atoms with Crippen LogP contribution < -0.4 is 4.90 Å². The van der Waals surface area contributed by atoms with Crippen LogP contribution >= 0.6 is 11.6 Å². The molecular weight excluding hydrogens is 265 g/mol. The number of hydrogen-bond donors (Lipinski definition) is 0. The molecule has 2 aromatic carbocycles. The van der Waals surface area contributed by atoms with E-state index >= 15 is 0 Å². The lowest BCUT2D eigenvalue weighted by atomic mass is 10.1. The molecule has 0 atom stereocenters. The van der Waals surface area contributed by atoms with Crippen LogP contribution in [-0.2, 0) is 6.54 Å². The highest BCUT2D eigenvalue weighted by Gasteiger charge is 2.12. The molecule has 0 unspecified atom stereocenters. The van der Waals surface area contributed by atoms with E-state index in [1.165, 1.54) is 6.07 Å². The molecule has 0 aromatic heterocycles. The smallest absolute Gasteiger partial charge is 0.153 e. The molecule has 0 radical (unpaired) electrons. The topological polar surface area (TPSA) is 20.3 Å². The van der Waals surface area contributed by atoms with Gasteiger partial charge in [0.05, 0.1) is 10.6 Å². The Hall–Kier alpha value is -1.87. The van der Waals surface area contributed by atoms with Crippen LogP contribution in [0.3, 0.4) is 0 Å². The summed E-state index contributed by atoms with van der Waals surface area (Å²) in [5, 5.41) is 0.396. The first kappa shape index (κ1) is 13.6. The molecular formula is C15H13ClFNO. The molecule has 0 heterocycles. The second-order valence-corrected chi connectivity index (χ2v) is 4.65. The van der Waals surface area contributed by atoms with E-state index in [-0.39, 0.29) is 5.82 Å². The Balaban J connectivity index is 2.30. The number of carbonyl (C=O) groups excluding carboxylic acids is 1. The molecule has 0 bridgehead atoms. The summed E-state index contributed by atoms with van der Waals surface area (Å²) in [6.07, 6.45) is 0.718. The van der Waals surface area contributed by atoms with Gasteiger partial charge in [-0.2, -0.15) is 0 Å². The third-order valence-electron chi connectivity index (χ3n) is 2.92. The molecule has 2 nitrogen and oxygen atoms in total. The minimum absolute atomic E-state index is 0.260. The van der Waals surface area contributed by atoms with Gasteiger partial charge in [-0.3, -0.25) is 4.79 Å². The van der Waals surface area contributed by atoms with Gasteiger partial charge in [-0.1, -0.05) is 35.9 Å². The van der Waals surface area contributed by atoms with Crippen molar-refractivity contribution in [3.05, 3.63) is 64.4 Å². The monoisotopic (exact) mass is 277 g/mol. The summed E-state index contributed by atoms with van der Waals surface area (Å²) in [6.45, 7) is 0.369. The fraction of sp³-hybridized carbons (Fsp3) is 0.133. The van der Waals surface area contributed by atoms with Crippen molar-refractivity contribution < 1.29 is 9.18 Å². The number of hydrogen-bond acceptors (Lipinski definition) is 2. The third-order valence-corrected chi connectivity index (χ3v) is 3.25. The fourth-order valence-electron chi connectivity index (χ4n) is 1.94. The molecule has 0 aliphatic heterocycles. The standard InChI is InChI=1S/C15H13ClFNO/c1-18(9-11-5-2-3-7-14(11)17)15-8-4-6-13(16)12(15)10-19/h2-8,10H,9H2,1H3. The molecule has 2 rings (SSSR count). The van der Waals surface area contributed by atoms with Crippen LogP contribution in [0.1, 0.15) is 15.9 Å². The Kier molecular flexibility index (Phi) is 4.17. The summed E-state index contributed by atoms with van der Waals surface area (Å²) in [5.74, 6) is -0.260. The number of carbonyl (C=O) groups is 1. The Morgan fingerprint density at radius 3 is 2.63 bits per heavy atom. The zero-order valence-electron chi connectivity index (χ0n) is 10.4. The van der Waals surface area contributed by atoms with Crippen LogP contribution in [0.5, 0.6) is 0 Å². The van der Waals surface area contributed by atoms with E-state index in [0.29, 0.717) is 28.4 Å². The minimum atomic E-state index is -0.260. The second kappa shape index (κ2) is 5.85. The van der Waals surface area contributed by atoms with Crippen LogP contribution in [0.2, 0.25) is 5.02 Å². The van der Waals surface area contributed by atoms with Crippen LogP contribution in [0.15, 0.2) is 42.5 Å². The molecule has 0 saturated carbocycles. The van der Waals surface area contributed by atoms with Gasteiger partial charge in [-0.15, -0.1) is 0 Å². The van der Waals surface area contributed by atoms with Gasteiger partial charge in [-0.25, -0.2) is 4.39 Å². The molecule has 4 heteroatoms. The van der Waals surface area contributed by atoms with Gasteiger partial charge in [0, 0.05) is 24.8 Å². The molecule has 0 aliphatic rings. The summed E-state index contributed by atoms with van der Waals surface area (Å²) in [7, 11) is 1.80. The van der Waals surface area contributed by atoms with Crippen LogP contribution in [0, 0.1) is 5.82 Å².